The Kier molecular flexibility index (Phi) is 5.07. The molecular weight excluding hydrogens is 434 g/mol. The summed E-state index contributed by atoms with van der Waals surface area (Å²) in [7, 11) is 3.93. The fourth-order valence-corrected chi connectivity index (χ4v) is 4.49. The van der Waals surface area contributed by atoms with Gasteiger partial charge < -0.3 is 20.1 Å². The van der Waals surface area contributed by atoms with Crippen molar-refractivity contribution < 1.29 is 19.8 Å². The average molecular weight is 457 g/mol. The molecule has 9 nitrogen and oxygen atoms in total. The lowest BCUT2D eigenvalue weighted by atomic mass is 9.93. The van der Waals surface area contributed by atoms with Crippen molar-refractivity contribution in [2.24, 2.45) is 0 Å². The van der Waals surface area contributed by atoms with E-state index in [1.807, 2.05) is 37.2 Å². The van der Waals surface area contributed by atoms with E-state index >= 15 is 0 Å². The van der Waals surface area contributed by atoms with Gasteiger partial charge in [0.25, 0.3) is 5.91 Å². The molecule has 9 heteroatoms. The summed E-state index contributed by atoms with van der Waals surface area (Å²) >= 11 is 0. The van der Waals surface area contributed by atoms with E-state index in [0.29, 0.717) is 40.0 Å². The maximum Gasteiger partial charge on any atom is 0.411 e. The topological polar surface area (TPSA) is 122 Å². The van der Waals surface area contributed by atoms with Crippen LogP contribution < -0.4 is 10.2 Å². The lowest BCUT2D eigenvalue weighted by molar-refractivity contribution is 0.0704. The van der Waals surface area contributed by atoms with Crippen molar-refractivity contribution in [3.05, 3.63) is 89.0 Å². The zero-order valence-electron chi connectivity index (χ0n) is 18.6. The van der Waals surface area contributed by atoms with E-state index < -0.39 is 11.8 Å². The second-order valence-electron chi connectivity index (χ2n) is 8.51. The quantitative estimate of drug-likeness (QED) is 0.364. The van der Waals surface area contributed by atoms with Crippen LogP contribution in [0.1, 0.15) is 27.0 Å². The van der Waals surface area contributed by atoms with Crippen molar-refractivity contribution in [2.75, 3.05) is 24.3 Å². The number of nitrogens with one attached hydrogen (secondary N) is 2. The molecule has 0 aliphatic carbocycles. The van der Waals surface area contributed by atoms with Gasteiger partial charge >= 0.3 is 6.09 Å². The molecule has 0 saturated carbocycles. The normalized spacial score (nSPS) is 17.4. The number of anilines is 2. The molecule has 1 unspecified atom stereocenters. The molecule has 4 aromatic rings. The second kappa shape index (κ2) is 7.98. The fraction of sp³-hybridized carbons (Fsp3) is 0.160. The lowest BCUT2D eigenvalue weighted by Crippen LogP contribution is -2.45. The molecule has 0 fully saturated rings. The van der Waals surface area contributed by atoms with Crippen molar-refractivity contribution >= 4 is 34.7 Å². The van der Waals surface area contributed by atoms with Crippen LogP contribution in [0.15, 0.2) is 66.7 Å². The van der Waals surface area contributed by atoms with Crippen molar-refractivity contribution in [3.63, 3.8) is 0 Å². The number of aromatic nitrogens is 2. The molecule has 0 radical (unpaired) electrons. The zero-order chi connectivity index (χ0) is 24.0. The number of hydrogen-bond donors (Lipinski definition) is 4. The largest absolute Gasteiger partial charge is 0.465 e. The van der Waals surface area contributed by atoms with Crippen LogP contribution in [0.25, 0.3) is 11.0 Å². The highest BCUT2D eigenvalue weighted by Crippen LogP contribution is 2.45. The van der Waals surface area contributed by atoms with Crippen LogP contribution in [0, 0.1) is 0 Å². The Morgan fingerprint density at radius 1 is 1.12 bits per heavy atom. The number of aliphatic hydroxyl groups is 1. The van der Waals surface area contributed by atoms with Crippen LogP contribution in [0.5, 0.6) is 0 Å². The number of imidazole rings is 1. The summed E-state index contributed by atoms with van der Waals surface area (Å²) in [5, 5.41) is 23.4. The van der Waals surface area contributed by atoms with Gasteiger partial charge in [-0.05, 0) is 50.0 Å². The number of H-pyrrole nitrogens is 1. The highest BCUT2D eigenvalue weighted by atomic mass is 16.4. The van der Waals surface area contributed by atoms with E-state index in [2.05, 4.69) is 15.3 Å². The predicted molar refractivity (Wildman–Crippen MR) is 128 cm³/mol. The third kappa shape index (κ3) is 3.47. The number of rotatable bonds is 5. The highest BCUT2D eigenvalue weighted by Gasteiger charge is 2.50. The minimum Gasteiger partial charge on any atom is -0.465 e. The summed E-state index contributed by atoms with van der Waals surface area (Å²) < 4.78 is 0. The first-order valence-corrected chi connectivity index (χ1v) is 10.7. The van der Waals surface area contributed by atoms with Crippen LogP contribution >= 0.6 is 0 Å². The zero-order valence-corrected chi connectivity index (χ0v) is 18.6. The minimum atomic E-state index is -1.78. The minimum absolute atomic E-state index is 0.0720. The molecule has 4 N–H and O–H groups in total. The first-order valence-electron chi connectivity index (χ1n) is 10.7. The maximum absolute atomic E-state index is 13.6. The number of carbonyl (C=O) groups excluding carboxylic acids is 1. The Morgan fingerprint density at radius 2 is 1.91 bits per heavy atom. The predicted octanol–water partition coefficient (Wildman–Crippen LogP) is 3.57. The van der Waals surface area contributed by atoms with Gasteiger partial charge in [-0.1, -0.05) is 36.4 Å². The number of fused-ring (bicyclic) bond motifs is 2. The number of amides is 2. The third-order valence-electron chi connectivity index (χ3n) is 5.84. The van der Waals surface area contributed by atoms with Gasteiger partial charge in [0.05, 0.1) is 11.0 Å². The van der Waals surface area contributed by atoms with E-state index in [-0.39, 0.29) is 11.9 Å². The van der Waals surface area contributed by atoms with Gasteiger partial charge in [0.15, 0.2) is 5.72 Å². The van der Waals surface area contributed by atoms with Gasteiger partial charge in [0, 0.05) is 28.9 Å². The van der Waals surface area contributed by atoms with E-state index in [1.165, 1.54) is 4.90 Å². The van der Waals surface area contributed by atoms with E-state index in [4.69, 9.17) is 5.11 Å². The second-order valence-corrected chi connectivity index (χ2v) is 8.51. The number of hydrogen-bond acceptors (Lipinski definition) is 5. The molecule has 2 amide bonds. The van der Waals surface area contributed by atoms with Crippen LogP contribution in [0.3, 0.4) is 0 Å². The molecule has 1 aliphatic heterocycles. The molecule has 0 spiro atoms. The molecule has 1 aliphatic rings. The average Bonchev–Trinajstić information content (AvgIpc) is 3.29. The molecule has 5 rings (SSSR count). The smallest absolute Gasteiger partial charge is 0.411 e. The van der Waals surface area contributed by atoms with Gasteiger partial charge in [0.1, 0.15) is 0 Å². The monoisotopic (exact) mass is 457 g/mol. The van der Waals surface area contributed by atoms with Crippen LogP contribution in [-0.2, 0) is 12.3 Å². The Morgan fingerprint density at radius 3 is 2.68 bits per heavy atom. The van der Waals surface area contributed by atoms with E-state index in [0.717, 1.165) is 5.56 Å². The molecule has 172 valence electrons. The molecule has 0 bridgehead atoms. The molecule has 2 heterocycles. The van der Waals surface area contributed by atoms with Gasteiger partial charge in [0.2, 0.25) is 5.95 Å². The Hall–Kier alpha value is -4.21. The summed E-state index contributed by atoms with van der Waals surface area (Å²) in [4.78, 5) is 35.1. The summed E-state index contributed by atoms with van der Waals surface area (Å²) in [5.74, 6) is -0.238. The summed E-state index contributed by atoms with van der Waals surface area (Å²) in [6, 6.07) is 19.6. The fourth-order valence-electron chi connectivity index (χ4n) is 4.49. The molecule has 1 atom stereocenters. The van der Waals surface area contributed by atoms with Crippen molar-refractivity contribution in [1.29, 1.82) is 0 Å². The standard InChI is InChI=1S/C25H23N5O4/c1-29(2)14-15-6-5-7-17(12-15)30-22(31)18-8-3-4-9-19(18)25(30,34)16-10-11-20-21(13-16)27-23(26-20)28-24(32)33/h3-13,34H,14H2,1-2H3,(H,32,33)(H2,26,27,28). The Bertz CT molecular complexity index is 1430. The Balaban J connectivity index is 1.67. The third-order valence-corrected chi connectivity index (χ3v) is 5.84. The summed E-state index contributed by atoms with van der Waals surface area (Å²) in [6.45, 7) is 0.680. The summed E-state index contributed by atoms with van der Waals surface area (Å²) in [5.41, 5.74) is 2.15. The van der Waals surface area contributed by atoms with E-state index in [1.54, 1.807) is 48.5 Å². The van der Waals surface area contributed by atoms with Crippen molar-refractivity contribution in [3.8, 4) is 0 Å². The molecule has 1 aromatic heterocycles. The first kappa shape index (κ1) is 21.6. The highest BCUT2D eigenvalue weighted by molar-refractivity contribution is 6.12. The Labute approximate surface area is 195 Å². The number of aromatic amines is 1. The van der Waals surface area contributed by atoms with Crippen LogP contribution in [-0.4, -0.2) is 51.2 Å². The van der Waals surface area contributed by atoms with Crippen LogP contribution in [0.4, 0.5) is 16.4 Å². The SMILES string of the molecule is CN(C)Cc1cccc(N2C(=O)c3ccccc3C2(O)c2ccc3[nH]c(NC(=O)O)nc3c2)c1. The molecule has 0 saturated heterocycles. The number of benzene rings is 3. The van der Waals surface area contributed by atoms with Crippen molar-refractivity contribution in [2.45, 2.75) is 12.3 Å². The molecular formula is C25H23N5O4. The number of carboxylic acid groups (broad SMARTS) is 1. The van der Waals surface area contributed by atoms with Crippen molar-refractivity contribution in [1.82, 2.24) is 14.9 Å². The van der Waals surface area contributed by atoms with Gasteiger partial charge in [-0.2, -0.15) is 0 Å². The molecule has 34 heavy (non-hydrogen) atoms. The van der Waals surface area contributed by atoms with Crippen LogP contribution in [0.2, 0.25) is 0 Å². The van der Waals surface area contributed by atoms with E-state index in [9.17, 15) is 14.7 Å². The maximum atomic E-state index is 13.6. The first-order chi connectivity index (χ1) is 16.3. The summed E-state index contributed by atoms with van der Waals surface area (Å²) in [6.07, 6.45) is -1.24. The van der Waals surface area contributed by atoms with Gasteiger partial charge in [-0.15, -0.1) is 0 Å². The molecule has 3 aromatic carbocycles. The lowest BCUT2D eigenvalue weighted by Gasteiger charge is -2.35. The number of nitrogens with zero attached hydrogens (tertiary/aromatic N) is 3. The van der Waals surface area contributed by atoms with Gasteiger partial charge in [-0.25, -0.2) is 9.78 Å². The van der Waals surface area contributed by atoms with Gasteiger partial charge in [-0.3, -0.25) is 15.0 Å². The number of carbonyl (C=O) groups is 2.